The number of aromatic nitrogens is 1. The highest BCUT2D eigenvalue weighted by atomic mass is 32.1. The molecule has 2 unspecified atom stereocenters. The van der Waals surface area contributed by atoms with Gasteiger partial charge in [-0.2, -0.15) is 0 Å². The molecule has 2 saturated heterocycles. The number of likely N-dealkylation sites (N-methyl/N-ethyl adjacent to an activating group) is 1. The zero-order chi connectivity index (χ0) is 11.0. The highest BCUT2D eigenvalue weighted by Gasteiger charge is 2.47. The molecule has 1 aromatic heterocycles. The van der Waals surface area contributed by atoms with Gasteiger partial charge >= 0.3 is 0 Å². The van der Waals surface area contributed by atoms with Crippen LogP contribution in [0.5, 0.6) is 0 Å². The Hall–Kier alpha value is -0.490. The summed E-state index contributed by atoms with van der Waals surface area (Å²) in [6.07, 6.45) is 3.08. The van der Waals surface area contributed by atoms with Crippen LogP contribution >= 0.6 is 11.5 Å². The van der Waals surface area contributed by atoms with E-state index < -0.39 is 0 Å². The van der Waals surface area contributed by atoms with Crippen molar-refractivity contribution in [1.82, 2.24) is 14.6 Å². The van der Waals surface area contributed by atoms with Crippen LogP contribution in [0.1, 0.15) is 18.0 Å². The maximum Gasteiger partial charge on any atom is 0.102 e. The first-order valence-electron chi connectivity index (χ1n) is 5.75. The van der Waals surface area contributed by atoms with Gasteiger partial charge in [0.1, 0.15) is 5.60 Å². The second-order valence-electron chi connectivity index (χ2n) is 4.75. The molecule has 0 saturated carbocycles. The highest BCUT2D eigenvalue weighted by molar-refractivity contribution is 7.03. The molecule has 2 aliphatic rings. The van der Waals surface area contributed by atoms with E-state index in [9.17, 15) is 0 Å². The van der Waals surface area contributed by atoms with Crippen molar-refractivity contribution < 1.29 is 4.74 Å². The number of ether oxygens (including phenoxy) is 1. The third-order valence-electron chi connectivity index (χ3n) is 3.61. The summed E-state index contributed by atoms with van der Waals surface area (Å²) < 4.78 is 10.3. The fourth-order valence-corrected chi connectivity index (χ4v) is 3.41. The van der Waals surface area contributed by atoms with E-state index in [1.54, 1.807) is 0 Å². The molecule has 1 spiro atoms. The summed E-state index contributed by atoms with van der Waals surface area (Å²) in [6.45, 7) is 3.89. The molecule has 1 N–H and O–H groups in total. The Morgan fingerprint density at radius 3 is 3.31 bits per heavy atom. The van der Waals surface area contributed by atoms with E-state index in [-0.39, 0.29) is 5.60 Å². The van der Waals surface area contributed by atoms with Gasteiger partial charge in [0.15, 0.2) is 0 Å². The van der Waals surface area contributed by atoms with Crippen molar-refractivity contribution >= 4 is 11.5 Å². The Morgan fingerprint density at radius 1 is 1.69 bits per heavy atom. The van der Waals surface area contributed by atoms with Crippen molar-refractivity contribution in [3.8, 4) is 0 Å². The molecule has 0 bridgehead atoms. The van der Waals surface area contributed by atoms with Crippen LogP contribution in [0.4, 0.5) is 0 Å². The van der Waals surface area contributed by atoms with E-state index in [1.165, 1.54) is 17.1 Å². The van der Waals surface area contributed by atoms with Crippen LogP contribution in [0.3, 0.4) is 0 Å². The Labute approximate surface area is 99.8 Å². The van der Waals surface area contributed by atoms with Gasteiger partial charge in [-0.1, -0.05) is 0 Å². The summed E-state index contributed by atoms with van der Waals surface area (Å²) in [5, 5.41) is 5.72. The second-order valence-corrected chi connectivity index (χ2v) is 5.40. The lowest BCUT2D eigenvalue weighted by Gasteiger charge is -2.41. The van der Waals surface area contributed by atoms with Crippen molar-refractivity contribution in [1.29, 1.82) is 0 Å². The Balaban J connectivity index is 1.89. The number of nitrogens with zero attached hydrogens (tertiary/aromatic N) is 2. The first kappa shape index (κ1) is 10.7. The van der Waals surface area contributed by atoms with Crippen LogP contribution < -0.4 is 5.32 Å². The largest absolute Gasteiger partial charge is 0.370 e. The fraction of sp³-hybridized carbons (Fsp3) is 0.727. The SMILES string of the molecule is CN1CCC2(C1)OCCNC2c1cnsc1. The standard InChI is InChI=1S/C11H17N3OS/c1-14-4-2-11(8-14)10(12-3-5-15-11)9-6-13-16-7-9/h6-7,10,12H,2-5,8H2,1H3. The van der Waals surface area contributed by atoms with Gasteiger partial charge in [-0.05, 0) is 25.0 Å². The second kappa shape index (κ2) is 4.07. The van der Waals surface area contributed by atoms with Gasteiger partial charge in [-0.3, -0.25) is 0 Å². The predicted molar refractivity (Wildman–Crippen MR) is 63.7 cm³/mol. The number of hydrogen-bond donors (Lipinski definition) is 1. The molecule has 0 aromatic carbocycles. The van der Waals surface area contributed by atoms with Gasteiger partial charge in [-0.25, -0.2) is 4.37 Å². The maximum atomic E-state index is 6.11. The molecule has 3 rings (SSSR count). The number of rotatable bonds is 1. The highest BCUT2D eigenvalue weighted by Crippen LogP contribution is 2.38. The van der Waals surface area contributed by atoms with Crippen LogP contribution in [0.25, 0.3) is 0 Å². The van der Waals surface area contributed by atoms with Gasteiger partial charge < -0.3 is 15.0 Å². The third kappa shape index (κ3) is 1.68. The van der Waals surface area contributed by atoms with Crippen molar-refractivity contribution in [2.45, 2.75) is 18.1 Å². The first-order chi connectivity index (χ1) is 7.80. The molecule has 0 amide bonds. The molecule has 1 aromatic rings. The lowest BCUT2D eigenvalue weighted by molar-refractivity contribution is -0.0889. The Kier molecular flexibility index (Phi) is 2.71. The normalized spacial score (nSPS) is 35.9. The third-order valence-corrected chi connectivity index (χ3v) is 4.21. The van der Waals surface area contributed by atoms with Crippen molar-refractivity contribution in [3.05, 3.63) is 17.1 Å². The van der Waals surface area contributed by atoms with Crippen molar-refractivity contribution in [2.75, 3.05) is 33.3 Å². The van der Waals surface area contributed by atoms with Crippen molar-refractivity contribution in [2.24, 2.45) is 0 Å². The monoisotopic (exact) mass is 239 g/mol. The summed E-state index contributed by atoms with van der Waals surface area (Å²) in [7, 11) is 2.16. The zero-order valence-electron chi connectivity index (χ0n) is 9.48. The number of likely N-dealkylation sites (tertiary alicyclic amines) is 1. The van der Waals surface area contributed by atoms with Crippen LogP contribution in [0, 0.1) is 0 Å². The average molecular weight is 239 g/mol. The smallest absolute Gasteiger partial charge is 0.102 e. The van der Waals surface area contributed by atoms with Crippen LogP contribution in [-0.4, -0.2) is 48.2 Å². The Morgan fingerprint density at radius 2 is 2.62 bits per heavy atom. The quantitative estimate of drug-likeness (QED) is 0.789. The summed E-state index contributed by atoms with van der Waals surface area (Å²) in [5.74, 6) is 0. The predicted octanol–water partition coefficient (Wildman–Crippen LogP) is 0.878. The molecule has 4 nitrogen and oxygen atoms in total. The molecule has 3 heterocycles. The molecule has 2 aliphatic heterocycles. The average Bonchev–Trinajstić information content (AvgIpc) is 2.90. The first-order valence-corrected chi connectivity index (χ1v) is 6.59. The molecule has 0 radical (unpaired) electrons. The fourth-order valence-electron chi connectivity index (χ4n) is 2.85. The number of nitrogens with one attached hydrogen (secondary N) is 1. The summed E-state index contributed by atoms with van der Waals surface area (Å²) in [4.78, 5) is 2.35. The molecule has 0 aliphatic carbocycles. The van der Waals surface area contributed by atoms with Gasteiger partial charge in [0.2, 0.25) is 0 Å². The van der Waals surface area contributed by atoms with Crippen LogP contribution in [0.15, 0.2) is 11.6 Å². The maximum absolute atomic E-state index is 6.11. The van der Waals surface area contributed by atoms with E-state index in [0.717, 1.165) is 32.7 Å². The summed E-state index contributed by atoms with van der Waals surface area (Å²) in [5.41, 5.74) is 1.25. The molecule has 2 atom stereocenters. The topological polar surface area (TPSA) is 37.4 Å². The van der Waals surface area contributed by atoms with Gasteiger partial charge in [0.05, 0.1) is 12.6 Å². The van der Waals surface area contributed by atoms with E-state index in [0.29, 0.717) is 6.04 Å². The van der Waals surface area contributed by atoms with Gasteiger partial charge in [0, 0.05) is 36.8 Å². The van der Waals surface area contributed by atoms with Crippen molar-refractivity contribution in [3.63, 3.8) is 0 Å². The van der Waals surface area contributed by atoms with Crippen LogP contribution in [0.2, 0.25) is 0 Å². The molecule has 88 valence electrons. The minimum absolute atomic E-state index is 0.0320. The minimum Gasteiger partial charge on any atom is -0.370 e. The minimum atomic E-state index is -0.0320. The summed E-state index contributed by atoms with van der Waals surface area (Å²) in [6, 6.07) is 0.310. The molecule has 5 heteroatoms. The Bertz CT molecular complexity index is 352. The molecule has 16 heavy (non-hydrogen) atoms. The lowest BCUT2D eigenvalue weighted by atomic mass is 9.88. The van der Waals surface area contributed by atoms with E-state index in [1.807, 2.05) is 6.20 Å². The molecular weight excluding hydrogens is 222 g/mol. The number of morpholine rings is 1. The van der Waals surface area contributed by atoms with Crippen LogP contribution in [-0.2, 0) is 4.74 Å². The van der Waals surface area contributed by atoms with E-state index in [2.05, 4.69) is 27.0 Å². The van der Waals surface area contributed by atoms with E-state index >= 15 is 0 Å². The lowest BCUT2D eigenvalue weighted by Crippen LogP contribution is -2.53. The van der Waals surface area contributed by atoms with Gasteiger partial charge in [0.25, 0.3) is 0 Å². The zero-order valence-corrected chi connectivity index (χ0v) is 10.3. The van der Waals surface area contributed by atoms with E-state index in [4.69, 9.17) is 4.74 Å². The number of hydrogen-bond acceptors (Lipinski definition) is 5. The van der Waals surface area contributed by atoms with Gasteiger partial charge in [-0.15, -0.1) is 0 Å². The molecular formula is C11H17N3OS. The summed E-state index contributed by atoms with van der Waals surface area (Å²) >= 11 is 1.52. The molecule has 2 fully saturated rings.